The molecular weight excluding hydrogens is 316 g/mol. The van der Waals surface area contributed by atoms with E-state index in [9.17, 15) is 4.79 Å². The molecule has 0 spiro atoms. The fourth-order valence-electron chi connectivity index (χ4n) is 3.18. The zero-order valence-electron chi connectivity index (χ0n) is 15.0. The van der Waals surface area contributed by atoms with Gasteiger partial charge in [0.15, 0.2) is 0 Å². The second kappa shape index (κ2) is 8.27. The fourth-order valence-corrected chi connectivity index (χ4v) is 3.18. The zero-order chi connectivity index (χ0) is 17.6. The van der Waals surface area contributed by atoms with Gasteiger partial charge < -0.3 is 14.6 Å². The van der Waals surface area contributed by atoms with Crippen LogP contribution in [0.1, 0.15) is 27.4 Å². The molecule has 1 fully saturated rings. The maximum Gasteiger partial charge on any atom is 0.253 e. The molecule has 0 saturated carbocycles. The number of carbonyl (C=O) groups excluding carboxylic acids is 1. The highest BCUT2D eigenvalue weighted by Crippen LogP contribution is 2.16. The molecule has 0 atom stereocenters. The first-order valence-corrected chi connectivity index (χ1v) is 8.80. The Hall–Kier alpha value is -2.18. The third-order valence-corrected chi connectivity index (χ3v) is 4.68. The Balaban J connectivity index is 1.60. The first kappa shape index (κ1) is 17.6. The van der Waals surface area contributed by atoms with Gasteiger partial charge in [-0.25, -0.2) is 0 Å². The summed E-state index contributed by atoms with van der Waals surface area (Å²) in [6, 6.07) is 7.85. The van der Waals surface area contributed by atoms with E-state index >= 15 is 0 Å². The van der Waals surface area contributed by atoms with Crippen molar-refractivity contribution in [2.45, 2.75) is 20.4 Å². The van der Waals surface area contributed by atoms with E-state index in [1.807, 2.05) is 38.1 Å². The number of aryl methyl sites for hydroxylation is 1. The quantitative estimate of drug-likeness (QED) is 0.866. The van der Waals surface area contributed by atoms with Crippen LogP contribution < -0.4 is 5.32 Å². The van der Waals surface area contributed by atoms with Crippen molar-refractivity contribution in [1.82, 2.24) is 19.8 Å². The Morgan fingerprint density at radius 2 is 2.08 bits per heavy atom. The highest BCUT2D eigenvalue weighted by molar-refractivity contribution is 5.95. The van der Waals surface area contributed by atoms with Crippen LogP contribution in [0.15, 0.2) is 30.5 Å². The standard InChI is InChI=1S/C19H26N4O2/c1-15-13-18(16(2)23(15)14-17-5-3-4-6-20-17)19(24)21-7-8-22-9-11-25-12-10-22/h3-6,13H,7-12,14H2,1-2H3,(H,21,24). The summed E-state index contributed by atoms with van der Waals surface area (Å²) >= 11 is 0. The summed E-state index contributed by atoms with van der Waals surface area (Å²) < 4.78 is 7.48. The highest BCUT2D eigenvalue weighted by atomic mass is 16.5. The van der Waals surface area contributed by atoms with E-state index in [4.69, 9.17) is 4.74 Å². The lowest BCUT2D eigenvalue weighted by Crippen LogP contribution is -2.41. The van der Waals surface area contributed by atoms with E-state index in [0.717, 1.165) is 55.5 Å². The molecule has 0 aromatic carbocycles. The lowest BCUT2D eigenvalue weighted by Gasteiger charge is -2.26. The van der Waals surface area contributed by atoms with Crippen molar-refractivity contribution in [3.63, 3.8) is 0 Å². The number of carbonyl (C=O) groups is 1. The van der Waals surface area contributed by atoms with Gasteiger partial charge in [0, 0.05) is 43.8 Å². The Labute approximate surface area is 148 Å². The molecule has 0 bridgehead atoms. The summed E-state index contributed by atoms with van der Waals surface area (Å²) in [4.78, 5) is 19.2. The molecular formula is C19H26N4O2. The van der Waals surface area contributed by atoms with Crippen LogP contribution in [0.25, 0.3) is 0 Å². The van der Waals surface area contributed by atoms with Gasteiger partial charge in [-0.15, -0.1) is 0 Å². The van der Waals surface area contributed by atoms with Gasteiger partial charge in [-0.2, -0.15) is 0 Å². The molecule has 25 heavy (non-hydrogen) atoms. The van der Waals surface area contributed by atoms with Crippen LogP contribution in [-0.4, -0.2) is 59.8 Å². The number of amides is 1. The van der Waals surface area contributed by atoms with Crippen LogP contribution >= 0.6 is 0 Å². The van der Waals surface area contributed by atoms with Crippen LogP contribution in [0.3, 0.4) is 0 Å². The van der Waals surface area contributed by atoms with Gasteiger partial charge in [0.2, 0.25) is 0 Å². The number of pyridine rings is 1. The minimum Gasteiger partial charge on any atom is -0.379 e. The fraction of sp³-hybridized carbons (Fsp3) is 0.474. The van der Waals surface area contributed by atoms with Gasteiger partial charge in [0.1, 0.15) is 0 Å². The average molecular weight is 342 g/mol. The summed E-state index contributed by atoms with van der Waals surface area (Å²) in [7, 11) is 0. The number of ether oxygens (including phenoxy) is 1. The van der Waals surface area contributed by atoms with Crippen LogP contribution in [-0.2, 0) is 11.3 Å². The largest absolute Gasteiger partial charge is 0.379 e. The number of nitrogens with one attached hydrogen (secondary N) is 1. The molecule has 1 saturated heterocycles. The van der Waals surface area contributed by atoms with E-state index in [0.29, 0.717) is 13.1 Å². The van der Waals surface area contributed by atoms with Crippen molar-refractivity contribution < 1.29 is 9.53 Å². The molecule has 1 aliphatic rings. The lowest BCUT2D eigenvalue weighted by molar-refractivity contribution is 0.0383. The van der Waals surface area contributed by atoms with Gasteiger partial charge >= 0.3 is 0 Å². The molecule has 0 unspecified atom stereocenters. The van der Waals surface area contributed by atoms with Crippen molar-refractivity contribution in [2.24, 2.45) is 0 Å². The van der Waals surface area contributed by atoms with Crippen LogP contribution in [0.2, 0.25) is 0 Å². The van der Waals surface area contributed by atoms with Gasteiger partial charge in [-0.3, -0.25) is 14.7 Å². The molecule has 6 nitrogen and oxygen atoms in total. The highest BCUT2D eigenvalue weighted by Gasteiger charge is 2.16. The van der Waals surface area contributed by atoms with Crippen LogP contribution in [0.5, 0.6) is 0 Å². The van der Waals surface area contributed by atoms with Crippen LogP contribution in [0, 0.1) is 13.8 Å². The van der Waals surface area contributed by atoms with E-state index in [1.54, 1.807) is 6.20 Å². The van der Waals surface area contributed by atoms with E-state index < -0.39 is 0 Å². The molecule has 2 aromatic heterocycles. The van der Waals surface area contributed by atoms with Crippen molar-refractivity contribution in [3.05, 3.63) is 53.1 Å². The molecule has 6 heteroatoms. The normalized spacial score (nSPS) is 15.3. The average Bonchev–Trinajstić information content (AvgIpc) is 2.92. The Morgan fingerprint density at radius 1 is 1.28 bits per heavy atom. The molecule has 1 N–H and O–H groups in total. The van der Waals surface area contributed by atoms with E-state index in [1.165, 1.54) is 0 Å². The molecule has 3 rings (SSSR count). The van der Waals surface area contributed by atoms with Crippen LogP contribution in [0.4, 0.5) is 0 Å². The number of hydrogen-bond acceptors (Lipinski definition) is 4. The van der Waals surface area contributed by atoms with E-state index in [-0.39, 0.29) is 5.91 Å². The number of nitrogens with zero attached hydrogens (tertiary/aromatic N) is 3. The monoisotopic (exact) mass is 342 g/mol. The minimum absolute atomic E-state index is 0.00590. The van der Waals surface area contributed by atoms with Gasteiger partial charge in [-0.1, -0.05) is 6.07 Å². The number of rotatable bonds is 6. The summed E-state index contributed by atoms with van der Waals surface area (Å²) in [6.07, 6.45) is 1.79. The predicted molar refractivity (Wildman–Crippen MR) is 96.8 cm³/mol. The second-order valence-corrected chi connectivity index (χ2v) is 6.40. The number of hydrogen-bond donors (Lipinski definition) is 1. The topological polar surface area (TPSA) is 59.4 Å². The summed E-state index contributed by atoms with van der Waals surface area (Å²) in [5, 5.41) is 3.04. The summed E-state index contributed by atoms with van der Waals surface area (Å²) in [5.74, 6) is -0.00590. The SMILES string of the molecule is Cc1cc(C(=O)NCCN2CCOCC2)c(C)n1Cc1ccccn1. The molecule has 134 valence electrons. The maximum absolute atomic E-state index is 12.5. The Bertz CT molecular complexity index is 706. The van der Waals surface area contributed by atoms with Crippen molar-refractivity contribution in [3.8, 4) is 0 Å². The molecule has 0 aliphatic carbocycles. The molecule has 0 radical (unpaired) electrons. The Kier molecular flexibility index (Phi) is 5.83. The predicted octanol–water partition coefficient (Wildman–Crippen LogP) is 1.61. The first-order valence-electron chi connectivity index (χ1n) is 8.80. The lowest BCUT2D eigenvalue weighted by atomic mass is 10.2. The van der Waals surface area contributed by atoms with Gasteiger partial charge in [0.25, 0.3) is 5.91 Å². The minimum atomic E-state index is -0.00590. The molecule has 2 aromatic rings. The molecule has 1 amide bonds. The van der Waals surface area contributed by atoms with E-state index in [2.05, 4.69) is 19.8 Å². The van der Waals surface area contributed by atoms with Crippen molar-refractivity contribution in [1.29, 1.82) is 0 Å². The summed E-state index contributed by atoms with van der Waals surface area (Å²) in [5.41, 5.74) is 3.78. The third-order valence-electron chi connectivity index (χ3n) is 4.68. The third kappa shape index (κ3) is 4.46. The van der Waals surface area contributed by atoms with Crippen molar-refractivity contribution in [2.75, 3.05) is 39.4 Å². The van der Waals surface area contributed by atoms with Crippen molar-refractivity contribution >= 4 is 5.91 Å². The van der Waals surface area contributed by atoms with Gasteiger partial charge in [0.05, 0.1) is 31.0 Å². The Morgan fingerprint density at radius 3 is 2.80 bits per heavy atom. The second-order valence-electron chi connectivity index (χ2n) is 6.40. The maximum atomic E-state index is 12.5. The smallest absolute Gasteiger partial charge is 0.253 e. The van der Waals surface area contributed by atoms with Gasteiger partial charge in [-0.05, 0) is 32.0 Å². The first-order chi connectivity index (χ1) is 12.1. The zero-order valence-corrected chi connectivity index (χ0v) is 15.0. The molecule has 1 aliphatic heterocycles. The molecule has 3 heterocycles. The number of aromatic nitrogens is 2. The summed E-state index contributed by atoms with van der Waals surface area (Å²) in [6.45, 7) is 9.66. The number of morpholine rings is 1.